The Morgan fingerprint density at radius 3 is 1.00 bits per heavy atom. The van der Waals surface area contributed by atoms with Gasteiger partial charge in [-0.25, -0.2) is 0 Å². The van der Waals surface area contributed by atoms with Crippen molar-refractivity contribution in [3.05, 3.63) is 0 Å². The molecule has 0 aromatic rings. The van der Waals surface area contributed by atoms with Crippen molar-refractivity contribution in [2.24, 2.45) is 0 Å². The molecule has 39 valence electrons. The Labute approximate surface area is 73.6 Å². The summed E-state index contributed by atoms with van der Waals surface area (Å²) in [6.45, 7) is 0. The summed E-state index contributed by atoms with van der Waals surface area (Å²) in [5, 5.41) is 0. The molecule has 3 N–H and O–H groups in total. The van der Waals surface area contributed by atoms with E-state index in [1.54, 1.807) is 0 Å². The van der Waals surface area contributed by atoms with Crippen LogP contribution in [0.3, 0.4) is 0 Å². The van der Waals surface area contributed by atoms with Gasteiger partial charge in [-0.1, -0.05) is 0 Å². The van der Waals surface area contributed by atoms with E-state index in [1.165, 1.54) is 0 Å². The van der Waals surface area contributed by atoms with Gasteiger partial charge in [0.05, 0.1) is 0 Å². The Balaban J connectivity index is 0. The van der Waals surface area contributed by atoms with E-state index in [4.69, 9.17) is 0 Å². The molecule has 0 aliphatic heterocycles. The van der Waals surface area contributed by atoms with Crippen LogP contribution in [0.25, 0.3) is 0 Å². The molecule has 0 saturated heterocycles. The molecule has 0 fully saturated rings. The summed E-state index contributed by atoms with van der Waals surface area (Å²) in [6.07, 6.45) is 0. The summed E-state index contributed by atoms with van der Waals surface area (Å²) in [6, 6.07) is 0. The van der Waals surface area contributed by atoms with Crippen LogP contribution in [0.1, 0.15) is 0 Å². The van der Waals surface area contributed by atoms with Crippen molar-refractivity contribution in [2.75, 3.05) is 0 Å². The van der Waals surface area contributed by atoms with Gasteiger partial charge in [0.15, 0.2) is 0 Å². The van der Waals surface area contributed by atoms with Gasteiger partial charge in [-0.2, -0.15) is 0 Å². The van der Waals surface area contributed by atoms with Crippen LogP contribution in [-0.4, -0.2) is 0 Å². The Bertz CT molecular complexity index is 11.6. The third-order valence-corrected chi connectivity index (χ3v) is 0. The summed E-state index contributed by atoms with van der Waals surface area (Å²) >= 11 is 0. The zero-order valence-electron chi connectivity index (χ0n) is 2.16. The standard InChI is InChI=1S/Cr.Fe.Mn.H3N.Ni/h;;;1H3;. The van der Waals surface area contributed by atoms with Crippen LogP contribution in [0.5, 0.6) is 0 Å². The van der Waals surface area contributed by atoms with E-state index in [0.717, 1.165) is 0 Å². The van der Waals surface area contributed by atoms with Crippen LogP contribution in [0.2, 0.25) is 0 Å². The Hall–Kier alpha value is 2.02. The minimum atomic E-state index is 0. The Morgan fingerprint density at radius 1 is 1.00 bits per heavy atom. The summed E-state index contributed by atoms with van der Waals surface area (Å²) < 4.78 is 0. The van der Waals surface area contributed by atoms with Crippen LogP contribution in [-0.2, 0) is 68.0 Å². The molecule has 0 aliphatic rings. The van der Waals surface area contributed by atoms with Crippen LogP contribution >= 0.6 is 0 Å². The van der Waals surface area contributed by atoms with Gasteiger partial charge >= 0.3 is 0 Å². The maximum atomic E-state index is 0. The molecule has 0 amide bonds. The van der Waals surface area contributed by atoms with E-state index in [0.29, 0.717) is 0 Å². The van der Waals surface area contributed by atoms with Crippen LogP contribution in [0, 0.1) is 0 Å². The first kappa shape index (κ1) is 62.2. The van der Waals surface area contributed by atoms with Crippen molar-refractivity contribution in [1.82, 2.24) is 6.15 Å². The molecule has 0 bridgehead atoms. The second-order valence-electron chi connectivity index (χ2n) is 0. The third kappa shape index (κ3) is 23.8. The molecule has 0 aromatic heterocycles. The Kier molecular flexibility index (Phi) is 461. The fourth-order valence-electron chi connectivity index (χ4n) is 0. The first-order valence-electron chi connectivity index (χ1n) is 0. The minimum absolute atomic E-state index is 0. The summed E-state index contributed by atoms with van der Waals surface area (Å²) in [4.78, 5) is 0. The van der Waals surface area contributed by atoms with Gasteiger partial charge in [-0.05, 0) is 0 Å². The van der Waals surface area contributed by atoms with Gasteiger partial charge in [-0.3, -0.25) is 0 Å². The largest absolute Gasteiger partial charge is 0.344 e. The first-order chi connectivity index (χ1) is 0. The maximum Gasteiger partial charge on any atom is 0 e. The second-order valence-corrected chi connectivity index (χ2v) is 0. The molecule has 1 nitrogen and oxygen atoms in total. The molecule has 0 rings (SSSR count). The van der Waals surface area contributed by atoms with Gasteiger partial charge < -0.3 is 6.15 Å². The van der Waals surface area contributed by atoms with Crippen molar-refractivity contribution >= 4 is 0 Å². The molecule has 0 unspecified atom stereocenters. The van der Waals surface area contributed by atoms with E-state index in [2.05, 4.69) is 0 Å². The van der Waals surface area contributed by atoms with Gasteiger partial charge in [0, 0.05) is 68.0 Å². The average molecular weight is 239 g/mol. The monoisotopic (exact) mass is 238 g/mol. The second kappa shape index (κ2) is 37.1. The Morgan fingerprint density at radius 2 is 1.00 bits per heavy atom. The van der Waals surface area contributed by atoms with Gasteiger partial charge in [0.2, 0.25) is 0 Å². The normalized spacial score (nSPS) is 0. The van der Waals surface area contributed by atoms with Crippen molar-refractivity contribution in [3.8, 4) is 0 Å². The van der Waals surface area contributed by atoms with E-state index in [9.17, 15) is 0 Å². The van der Waals surface area contributed by atoms with E-state index in [-0.39, 0.29) is 74.1 Å². The smallest absolute Gasteiger partial charge is 0 e. The molecule has 5 heavy (non-hydrogen) atoms. The molecule has 5 heteroatoms. The van der Waals surface area contributed by atoms with Crippen molar-refractivity contribution < 1.29 is 68.0 Å². The average Bonchev–Trinajstić information content (AvgIpc) is 0. The number of rotatable bonds is 0. The first-order valence-corrected chi connectivity index (χ1v) is 0. The predicted octanol–water partition coefficient (Wildman–Crippen LogP) is 0.152. The fraction of sp³-hybridized carbons (Fsp3) is 0. The predicted molar refractivity (Wildman–Crippen MR) is 5.02 cm³/mol. The number of hydrogen-bond acceptors (Lipinski definition) is 1. The zero-order chi connectivity index (χ0) is 0. The topological polar surface area (TPSA) is 35.0 Å². The van der Waals surface area contributed by atoms with Crippen molar-refractivity contribution in [1.29, 1.82) is 0 Å². The molecular weight excluding hydrogens is 235 g/mol. The van der Waals surface area contributed by atoms with Gasteiger partial charge in [-0.15, -0.1) is 0 Å². The molecular formula is H3CrFeMnNNi. The quantitative estimate of drug-likeness (QED) is 0.599. The summed E-state index contributed by atoms with van der Waals surface area (Å²) in [5.74, 6) is 0. The molecule has 0 saturated carbocycles. The fourth-order valence-corrected chi connectivity index (χ4v) is 0. The zero-order valence-corrected chi connectivity index (χ0v) is 6.71. The number of hydrogen-bond donors (Lipinski definition) is 1. The van der Waals surface area contributed by atoms with E-state index >= 15 is 0 Å². The molecule has 0 aromatic carbocycles. The SMILES string of the molecule is N.[Cr].[Fe].[Mn].[Ni]. The summed E-state index contributed by atoms with van der Waals surface area (Å²) in [7, 11) is 0. The molecule has 0 spiro atoms. The summed E-state index contributed by atoms with van der Waals surface area (Å²) in [5.41, 5.74) is 0. The van der Waals surface area contributed by atoms with Crippen LogP contribution in [0.4, 0.5) is 0 Å². The van der Waals surface area contributed by atoms with Gasteiger partial charge in [0.25, 0.3) is 0 Å². The maximum absolute atomic E-state index is 0. The van der Waals surface area contributed by atoms with Crippen LogP contribution in [0.15, 0.2) is 0 Å². The van der Waals surface area contributed by atoms with Crippen molar-refractivity contribution in [2.45, 2.75) is 0 Å². The van der Waals surface area contributed by atoms with Gasteiger partial charge in [0.1, 0.15) is 0 Å². The molecule has 0 heterocycles. The molecule has 0 aliphatic carbocycles. The van der Waals surface area contributed by atoms with Crippen LogP contribution < -0.4 is 6.15 Å². The van der Waals surface area contributed by atoms with E-state index < -0.39 is 0 Å². The minimum Gasteiger partial charge on any atom is -0.344 e. The third-order valence-electron chi connectivity index (χ3n) is 0. The van der Waals surface area contributed by atoms with E-state index in [1.807, 2.05) is 0 Å². The molecule has 0 atom stereocenters. The van der Waals surface area contributed by atoms with Crippen molar-refractivity contribution in [3.63, 3.8) is 0 Å². The molecule has 1 radical (unpaired) electrons.